The number of para-hydroxylation sites is 1. The molecule has 0 aliphatic carbocycles. The normalized spacial score (nSPS) is 13.6. The molecule has 104 valence electrons. The lowest BCUT2D eigenvalue weighted by Gasteiger charge is -2.23. The van der Waals surface area contributed by atoms with Gasteiger partial charge in [0, 0.05) is 12.7 Å². The van der Waals surface area contributed by atoms with Crippen LogP contribution in [0.15, 0.2) is 60.7 Å². The maximum Gasteiger partial charge on any atom is 0.246 e. The van der Waals surface area contributed by atoms with Gasteiger partial charge in [0.05, 0.1) is 4.83 Å². The molecule has 1 amide bonds. The number of nitrogens with zero attached hydrogens (tertiary/aromatic N) is 1. The summed E-state index contributed by atoms with van der Waals surface area (Å²) in [6.07, 6.45) is 0. The van der Waals surface area contributed by atoms with E-state index in [0.717, 1.165) is 11.3 Å². The summed E-state index contributed by atoms with van der Waals surface area (Å²) >= 11 is 9.84. The molecule has 20 heavy (non-hydrogen) atoms. The summed E-state index contributed by atoms with van der Waals surface area (Å²) in [6, 6.07) is 19.2. The molecule has 0 spiro atoms. The van der Waals surface area contributed by atoms with Gasteiger partial charge in [0.2, 0.25) is 5.91 Å². The van der Waals surface area contributed by atoms with E-state index in [1.54, 1.807) is 11.9 Å². The van der Waals surface area contributed by atoms with Crippen LogP contribution in [0, 0.1) is 0 Å². The van der Waals surface area contributed by atoms with Crippen molar-refractivity contribution in [2.75, 3.05) is 11.9 Å². The number of hydrogen-bond donors (Lipinski definition) is 0. The van der Waals surface area contributed by atoms with Gasteiger partial charge in [0.25, 0.3) is 0 Å². The molecule has 0 aliphatic heterocycles. The SMILES string of the molecule is CN(C(=O)[C@@H](Cl)[C@@H](Br)c1ccccc1)c1ccccc1. The summed E-state index contributed by atoms with van der Waals surface area (Å²) < 4.78 is 0. The van der Waals surface area contributed by atoms with Gasteiger partial charge in [-0.1, -0.05) is 64.5 Å². The molecule has 0 unspecified atom stereocenters. The molecule has 0 aliphatic rings. The Hall–Kier alpha value is -1.32. The molecule has 2 rings (SSSR count). The largest absolute Gasteiger partial charge is 0.314 e. The molecule has 0 heterocycles. The zero-order chi connectivity index (χ0) is 14.5. The van der Waals surface area contributed by atoms with E-state index in [2.05, 4.69) is 15.9 Å². The van der Waals surface area contributed by atoms with Crippen LogP contribution in [0.1, 0.15) is 10.4 Å². The Balaban J connectivity index is 2.13. The smallest absolute Gasteiger partial charge is 0.246 e. The Kier molecular flexibility index (Phi) is 5.21. The van der Waals surface area contributed by atoms with Crippen molar-refractivity contribution in [1.82, 2.24) is 0 Å². The molecule has 4 heteroatoms. The van der Waals surface area contributed by atoms with Gasteiger partial charge in [-0.3, -0.25) is 4.79 Å². The number of benzene rings is 2. The monoisotopic (exact) mass is 351 g/mol. The van der Waals surface area contributed by atoms with E-state index < -0.39 is 5.38 Å². The lowest BCUT2D eigenvalue weighted by molar-refractivity contribution is -0.118. The van der Waals surface area contributed by atoms with Crippen LogP contribution in [0.4, 0.5) is 5.69 Å². The van der Waals surface area contributed by atoms with Crippen LogP contribution in [0.25, 0.3) is 0 Å². The summed E-state index contributed by atoms with van der Waals surface area (Å²) in [7, 11) is 1.73. The first kappa shape index (κ1) is 15.1. The van der Waals surface area contributed by atoms with Gasteiger partial charge >= 0.3 is 0 Å². The first-order valence-electron chi connectivity index (χ1n) is 6.27. The molecule has 0 aromatic heterocycles. The third-order valence-corrected chi connectivity index (χ3v) is 4.89. The van der Waals surface area contributed by atoms with Crippen LogP contribution in [0.3, 0.4) is 0 Å². The number of rotatable bonds is 4. The van der Waals surface area contributed by atoms with Gasteiger partial charge in [0.15, 0.2) is 0 Å². The van der Waals surface area contributed by atoms with Gasteiger partial charge in [-0.2, -0.15) is 0 Å². The molecule has 0 radical (unpaired) electrons. The van der Waals surface area contributed by atoms with Gasteiger partial charge in [-0.25, -0.2) is 0 Å². The predicted octanol–water partition coefficient (Wildman–Crippen LogP) is 4.39. The molecule has 2 aromatic rings. The molecular formula is C16H15BrClNO. The topological polar surface area (TPSA) is 20.3 Å². The summed E-state index contributed by atoms with van der Waals surface area (Å²) in [6.45, 7) is 0. The molecule has 0 saturated carbocycles. The minimum absolute atomic E-state index is 0.136. The number of hydrogen-bond acceptors (Lipinski definition) is 1. The van der Waals surface area contributed by atoms with Crippen molar-refractivity contribution in [3.05, 3.63) is 66.2 Å². The maximum absolute atomic E-state index is 12.4. The number of anilines is 1. The van der Waals surface area contributed by atoms with Gasteiger partial charge < -0.3 is 4.90 Å². The van der Waals surface area contributed by atoms with E-state index in [1.165, 1.54) is 0 Å². The number of carbonyl (C=O) groups excluding carboxylic acids is 1. The first-order valence-corrected chi connectivity index (χ1v) is 7.62. The van der Waals surface area contributed by atoms with Crippen molar-refractivity contribution in [2.24, 2.45) is 0 Å². The number of halogens is 2. The Morgan fingerprint density at radius 1 is 1.05 bits per heavy atom. The fourth-order valence-corrected chi connectivity index (χ4v) is 2.72. The summed E-state index contributed by atoms with van der Waals surface area (Å²) in [5.41, 5.74) is 1.82. The average Bonchev–Trinajstić information content (AvgIpc) is 2.53. The van der Waals surface area contributed by atoms with Crippen LogP contribution in [0.2, 0.25) is 0 Å². The summed E-state index contributed by atoms with van der Waals surface area (Å²) in [5.74, 6) is -0.136. The highest BCUT2D eigenvalue weighted by atomic mass is 79.9. The quantitative estimate of drug-likeness (QED) is 0.747. The third kappa shape index (κ3) is 3.41. The van der Waals surface area contributed by atoms with E-state index in [-0.39, 0.29) is 10.7 Å². The van der Waals surface area contributed by atoms with Gasteiger partial charge in [-0.05, 0) is 17.7 Å². The molecule has 2 atom stereocenters. The van der Waals surface area contributed by atoms with Gasteiger partial charge in [0.1, 0.15) is 5.38 Å². The zero-order valence-corrected chi connectivity index (χ0v) is 13.4. The van der Waals surface area contributed by atoms with Crippen molar-refractivity contribution in [2.45, 2.75) is 10.2 Å². The fourth-order valence-electron chi connectivity index (χ4n) is 1.89. The molecule has 0 fully saturated rings. The van der Waals surface area contributed by atoms with Crippen molar-refractivity contribution in [3.63, 3.8) is 0 Å². The van der Waals surface area contributed by atoms with E-state index in [9.17, 15) is 4.79 Å². The lowest BCUT2D eigenvalue weighted by atomic mass is 10.1. The Bertz CT molecular complexity index is 561. The predicted molar refractivity (Wildman–Crippen MR) is 87.6 cm³/mol. The summed E-state index contributed by atoms with van der Waals surface area (Å²) in [5, 5.41) is -0.664. The lowest BCUT2D eigenvalue weighted by Crippen LogP contribution is -2.35. The van der Waals surface area contributed by atoms with Crippen LogP contribution < -0.4 is 4.90 Å². The second-order valence-corrected chi connectivity index (χ2v) is 5.90. The Morgan fingerprint density at radius 3 is 2.10 bits per heavy atom. The summed E-state index contributed by atoms with van der Waals surface area (Å²) in [4.78, 5) is 13.8. The van der Waals surface area contributed by atoms with Crippen LogP contribution in [-0.2, 0) is 4.79 Å². The standard InChI is InChI=1S/C16H15BrClNO/c1-19(13-10-6-3-7-11-13)16(20)15(18)14(17)12-8-4-2-5-9-12/h2-11,14-15H,1H3/t14-,15-/m0/s1. The molecule has 2 aromatic carbocycles. The van der Waals surface area contributed by atoms with Crippen molar-refractivity contribution >= 4 is 39.1 Å². The third-order valence-electron chi connectivity index (χ3n) is 3.08. The number of carbonyl (C=O) groups is 1. The van der Waals surface area contributed by atoms with Crippen molar-refractivity contribution in [1.29, 1.82) is 0 Å². The second-order valence-electron chi connectivity index (χ2n) is 4.45. The zero-order valence-electron chi connectivity index (χ0n) is 11.0. The molecule has 0 saturated heterocycles. The number of alkyl halides is 2. The number of amides is 1. The molecule has 0 bridgehead atoms. The van der Waals surface area contributed by atoms with Gasteiger partial charge in [-0.15, -0.1) is 11.6 Å². The van der Waals surface area contributed by atoms with E-state index in [0.29, 0.717) is 0 Å². The highest BCUT2D eigenvalue weighted by Gasteiger charge is 2.28. The minimum atomic E-state index is -0.664. The minimum Gasteiger partial charge on any atom is -0.314 e. The van der Waals surface area contributed by atoms with Crippen LogP contribution >= 0.6 is 27.5 Å². The van der Waals surface area contributed by atoms with Crippen LogP contribution in [-0.4, -0.2) is 18.3 Å². The van der Waals surface area contributed by atoms with Crippen LogP contribution in [0.5, 0.6) is 0 Å². The Labute approximate surface area is 132 Å². The Morgan fingerprint density at radius 2 is 1.55 bits per heavy atom. The van der Waals surface area contributed by atoms with E-state index in [1.807, 2.05) is 60.7 Å². The average molecular weight is 353 g/mol. The van der Waals surface area contributed by atoms with E-state index in [4.69, 9.17) is 11.6 Å². The first-order chi connectivity index (χ1) is 9.61. The fraction of sp³-hybridized carbons (Fsp3) is 0.188. The van der Waals surface area contributed by atoms with Crippen molar-refractivity contribution < 1.29 is 4.79 Å². The van der Waals surface area contributed by atoms with Crippen molar-refractivity contribution in [3.8, 4) is 0 Å². The molecular weight excluding hydrogens is 338 g/mol. The van der Waals surface area contributed by atoms with E-state index >= 15 is 0 Å². The molecule has 0 N–H and O–H groups in total. The maximum atomic E-state index is 12.4. The second kappa shape index (κ2) is 6.91. The highest BCUT2D eigenvalue weighted by Crippen LogP contribution is 2.31. The highest BCUT2D eigenvalue weighted by molar-refractivity contribution is 9.09. The molecule has 2 nitrogen and oxygen atoms in total.